The number of fused-ring (bicyclic) bond motifs is 1. The highest BCUT2D eigenvalue weighted by atomic mass is 32.1. The number of ether oxygens (including phenoxy) is 1. The van der Waals surface area contributed by atoms with E-state index in [1.54, 1.807) is 0 Å². The fraction of sp³-hybridized carbons (Fsp3) is 0.400. The third-order valence-electron chi connectivity index (χ3n) is 4.57. The van der Waals surface area contributed by atoms with E-state index in [4.69, 9.17) is 4.74 Å². The Labute approximate surface area is 152 Å². The summed E-state index contributed by atoms with van der Waals surface area (Å²) in [5.74, 6) is 1.11. The molecule has 0 unspecified atom stereocenters. The number of amides is 1. The number of nitrogens with one attached hydrogen (secondary N) is 1. The molecule has 0 aliphatic heterocycles. The van der Waals surface area contributed by atoms with Crippen molar-refractivity contribution in [2.45, 2.75) is 40.0 Å². The quantitative estimate of drug-likeness (QED) is 0.886. The van der Waals surface area contributed by atoms with Gasteiger partial charge in [-0.1, -0.05) is 24.6 Å². The van der Waals surface area contributed by atoms with Gasteiger partial charge in [0.1, 0.15) is 16.8 Å². The minimum absolute atomic E-state index is 0.0618. The number of rotatable bonds is 4. The van der Waals surface area contributed by atoms with Crippen molar-refractivity contribution in [2.24, 2.45) is 5.92 Å². The van der Waals surface area contributed by atoms with Crippen molar-refractivity contribution in [3.63, 3.8) is 0 Å². The minimum Gasteiger partial charge on any atom is -0.483 e. The summed E-state index contributed by atoms with van der Waals surface area (Å²) in [5, 5.41) is 13.0. The molecule has 0 bridgehead atoms. The molecule has 1 aromatic carbocycles. The van der Waals surface area contributed by atoms with Crippen molar-refractivity contribution in [1.29, 1.82) is 5.26 Å². The fourth-order valence-electron chi connectivity index (χ4n) is 3.22. The van der Waals surface area contributed by atoms with Crippen LogP contribution in [0.25, 0.3) is 0 Å². The smallest absolute Gasteiger partial charge is 0.262 e. The van der Waals surface area contributed by atoms with Gasteiger partial charge in [-0.15, -0.1) is 11.3 Å². The van der Waals surface area contributed by atoms with Gasteiger partial charge < -0.3 is 10.1 Å². The van der Waals surface area contributed by atoms with E-state index in [0.717, 1.165) is 36.0 Å². The maximum absolute atomic E-state index is 12.3. The molecule has 1 aliphatic carbocycles. The second kappa shape index (κ2) is 7.28. The first-order valence-electron chi connectivity index (χ1n) is 8.52. The highest BCUT2D eigenvalue weighted by molar-refractivity contribution is 7.16. The second-order valence-corrected chi connectivity index (χ2v) is 7.88. The zero-order chi connectivity index (χ0) is 18.0. The van der Waals surface area contributed by atoms with Crippen LogP contribution in [0.3, 0.4) is 0 Å². The van der Waals surface area contributed by atoms with E-state index >= 15 is 0 Å². The highest BCUT2D eigenvalue weighted by Crippen LogP contribution is 2.39. The number of anilines is 1. The molecule has 1 atom stereocenters. The zero-order valence-electron chi connectivity index (χ0n) is 14.8. The number of thiophene rings is 1. The normalized spacial score (nSPS) is 16.0. The second-order valence-electron chi connectivity index (χ2n) is 6.77. The van der Waals surface area contributed by atoms with Crippen molar-refractivity contribution >= 4 is 22.2 Å². The summed E-state index contributed by atoms with van der Waals surface area (Å²) in [7, 11) is 0. The van der Waals surface area contributed by atoms with Crippen LogP contribution in [0.4, 0.5) is 5.00 Å². The Bertz CT molecular complexity index is 848. The number of benzene rings is 1. The first-order valence-corrected chi connectivity index (χ1v) is 9.34. The van der Waals surface area contributed by atoms with E-state index in [9.17, 15) is 10.1 Å². The van der Waals surface area contributed by atoms with Gasteiger partial charge in [-0.2, -0.15) is 5.26 Å². The van der Waals surface area contributed by atoms with Crippen molar-refractivity contribution in [3.05, 3.63) is 45.3 Å². The number of hydrogen-bond acceptors (Lipinski definition) is 4. The lowest BCUT2D eigenvalue weighted by atomic mass is 9.89. The van der Waals surface area contributed by atoms with Gasteiger partial charge in [0.2, 0.25) is 0 Å². The third kappa shape index (κ3) is 3.85. The first-order chi connectivity index (χ1) is 12.0. The lowest BCUT2D eigenvalue weighted by Crippen LogP contribution is -2.20. The molecule has 1 N–H and O–H groups in total. The number of nitrogens with zero attached hydrogens (tertiary/aromatic N) is 1. The summed E-state index contributed by atoms with van der Waals surface area (Å²) in [4.78, 5) is 13.5. The Balaban J connectivity index is 1.68. The average molecular weight is 354 g/mol. The molecule has 5 heteroatoms. The topological polar surface area (TPSA) is 62.1 Å². The maximum atomic E-state index is 12.3. The lowest BCUT2D eigenvalue weighted by molar-refractivity contribution is -0.118. The molecule has 0 saturated heterocycles. The van der Waals surface area contributed by atoms with E-state index in [-0.39, 0.29) is 12.5 Å². The summed E-state index contributed by atoms with van der Waals surface area (Å²) in [6.07, 6.45) is 3.01. The summed E-state index contributed by atoms with van der Waals surface area (Å²) >= 11 is 1.54. The molecule has 0 spiro atoms. The van der Waals surface area contributed by atoms with Gasteiger partial charge in [0, 0.05) is 4.88 Å². The van der Waals surface area contributed by atoms with E-state index in [1.165, 1.54) is 16.2 Å². The molecular formula is C20H22N2O2S. The zero-order valence-corrected chi connectivity index (χ0v) is 15.6. The van der Waals surface area contributed by atoms with Gasteiger partial charge >= 0.3 is 0 Å². The van der Waals surface area contributed by atoms with Gasteiger partial charge in [-0.3, -0.25) is 4.79 Å². The van der Waals surface area contributed by atoms with Gasteiger partial charge in [0.05, 0.1) is 5.56 Å². The van der Waals surface area contributed by atoms with Crippen LogP contribution in [0, 0.1) is 31.1 Å². The first kappa shape index (κ1) is 17.5. The molecule has 0 fully saturated rings. The van der Waals surface area contributed by atoms with Crippen molar-refractivity contribution in [1.82, 2.24) is 0 Å². The molecule has 1 aromatic heterocycles. The molecule has 1 aliphatic rings. The Morgan fingerprint density at radius 3 is 2.96 bits per heavy atom. The molecule has 130 valence electrons. The van der Waals surface area contributed by atoms with Gasteiger partial charge in [0.15, 0.2) is 6.61 Å². The van der Waals surface area contributed by atoms with E-state index < -0.39 is 0 Å². The molecule has 0 radical (unpaired) electrons. The average Bonchev–Trinajstić information content (AvgIpc) is 2.89. The summed E-state index contributed by atoms with van der Waals surface area (Å²) in [6.45, 7) is 6.15. The predicted molar refractivity (Wildman–Crippen MR) is 100 cm³/mol. The van der Waals surface area contributed by atoms with Crippen LogP contribution in [0.1, 0.15) is 40.5 Å². The Morgan fingerprint density at radius 1 is 1.44 bits per heavy atom. The van der Waals surface area contributed by atoms with E-state index in [1.807, 2.05) is 32.0 Å². The predicted octanol–water partition coefficient (Wildman–Crippen LogP) is 4.38. The molecule has 4 nitrogen and oxygen atoms in total. The Hall–Kier alpha value is -2.32. The van der Waals surface area contributed by atoms with Crippen LogP contribution in [0.15, 0.2) is 18.2 Å². The number of carbonyl (C=O) groups excluding carboxylic acids is 1. The van der Waals surface area contributed by atoms with Crippen LogP contribution in [0.5, 0.6) is 5.75 Å². The van der Waals surface area contributed by atoms with Crippen molar-refractivity contribution < 1.29 is 9.53 Å². The fourth-order valence-corrected chi connectivity index (χ4v) is 4.60. The third-order valence-corrected chi connectivity index (χ3v) is 5.74. The standard InChI is InChI=1S/C20H22N2O2S/c1-12-5-7-17(14(3)8-12)24-11-19(23)22-20-16(10-21)15-6-4-13(2)9-18(15)25-20/h5,7-8,13H,4,6,9,11H2,1-3H3,(H,22,23)/t13-/m1/s1. The van der Waals surface area contributed by atoms with Gasteiger partial charge in [-0.25, -0.2) is 0 Å². The molecule has 2 aromatic rings. The maximum Gasteiger partial charge on any atom is 0.262 e. The lowest BCUT2D eigenvalue weighted by Gasteiger charge is -2.17. The van der Waals surface area contributed by atoms with Crippen LogP contribution in [0.2, 0.25) is 0 Å². The van der Waals surface area contributed by atoms with Crippen molar-refractivity contribution in [3.8, 4) is 11.8 Å². The van der Waals surface area contributed by atoms with Gasteiger partial charge in [-0.05, 0) is 56.2 Å². The van der Waals surface area contributed by atoms with E-state index in [2.05, 4.69) is 18.3 Å². The van der Waals surface area contributed by atoms with Crippen LogP contribution < -0.4 is 10.1 Å². The van der Waals surface area contributed by atoms with Gasteiger partial charge in [0.25, 0.3) is 5.91 Å². The van der Waals surface area contributed by atoms with Crippen LogP contribution in [-0.2, 0) is 17.6 Å². The summed E-state index contributed by atoms with van der Waals surface area (Å²) in [5.41, 5.74) is 3.92. The number of carbonyl (C=O) groups is 1. The Kier molecular flexibility index (Phi) is 5.10. The summed E-state index contributed by atoms with van der Waals surface area (Å²) < 4.78 is 5.63. The van der Waals surface area contributed by atoms with Crippen LogP contribution >= 0.6 is 11.3 Å². The monoisotopic (exact) mass is 354 g/mol. The highest BCUT2D eigenvalue weighted by Gasteiger charge is 2.24. The number of aryl methyl sites for hydroxylation is 2. The molecule has 1 heterocycles. The molecule has 1 amide bonds. The largest absolute Gasteiger partial charge is 0.483 e. The van der Waals surface area contributed by atoms with Crippen molar-refractivity contribution in [2.75, 3.05) is 11.9 Å². The van der Waals surface area contributed by atoms with Crippen LogP contribution in [-0.4, -0.2) is 12.5 Å². The number of hydrogen-bond donors (Lipinski definition) is 1. The van der Waals surface area contributed by atoms with E-state index in [0.29, 0.717) is 22.2 Å². The SMILES string of the molecule is Cc1ccc(OCC(=O)Nc2sc3c(c2C#N)CC[C@@H](C)C3)c(C)c1. The molecule has 0 saturated carbocycles. The molecule has 3 rings (SSSR count). The minimum atomic E-state index is -0.233. The number of nitriles is 1. The Morgan fingerprint density at radius 2 is 2.24 bits per heavy atom. The molecule has 25 heavy (non-hydrogen) atoms. The molecular weight excluding hydrogens is 332 g/mol. The summed E-state index contributed by atoms with van der Waals surface area (Å²) in [6, 6.07) is 8.13.